The topological polar surface area (TPSA) is 9.23 Å². The standard InChI is InChI=1S/C8H10F8O.C2H5F.8CH4/c1-2-5(8(14,15)16)3-7(12,13)17-4-6(9,10)11;1-2-3;;;;;;;;/h5H,2-4H2,1H3;2H2,1H3;8*1H4. The Morgan fingerprint density at radius 1 is 0.679 bits per heavy atom. The van der Waals surface area contributed by atoms with Crippen LogP contribution in [-0.4, -0.2) is 31.7 Å². The number of ether oxygens (including phenoxy) is 1. The second-order valence-corrected chi connectivity index (χ2v) is 3.66. The highest BCUT2D eigenvalue weighted by molar-refractivity contribution is 4.71. The molecular formula is C18H47F9O. The summed E-state index contributed by atoms with van der Waals surface area (Å²) in [7, 11) is 0. The molecule has 0 saturated carbocycles. The highest BCUT2D eigenvalue weighted by Crippen LogP contribution is 2.37. The van der Waals surface area contributed by atoms with Gasteiger partial charge in [-0.2, -0.15) is 35.1 Å². The number of alkyl halides is 9. The molecule has 10 heteroatoms. The molecule has 0 N–H and O–H groups in total. The molecule has 0 aliphatic rings. The van der Waals surface area contributed by atoms with Gasteiger partial charge in [0.2, 0.25) is 0 Å². The van der Waals surface area contributed by atoms with Crippen LogP contribution in [0.15, 0.2) is 0 Å². The first-order valence-electron chi connectivity index (χ1n) is 5.50. The zero-order valence-electron chi connectivity index (χ0n) is 10.7. The summed E-state index contributed by atoms with van der Waals surface area (Å²) < 4.78 is 110. The molecule has 0 rings (SSSR count). The van der Waals surface area contributed by atoms with Crippen LogP contribution in [0.1, 0.15) is 86.1 Å². The minimum atomic E-state index is -5.01. The fraction of sp³-hybridized carbons (Fsp3) is 1.00. The first kappa shape index (κ1) is 63.1. The molecule has 1 atom stereocenters. The van der Waals surface area contributed by atoms with Crippen molar-refractivity contribution in [2.75, 3.05) is 13.3 Å². The van der Waals surface area contributed by atoms with Crippen molar-refractivity contribution in [2.45, 2.75) is 105 Å². The second-order valence-electron chi connectivity index (χ2n) is 3.66. The monoisotopic (exact) mass is 450 g/mol. The van der Waals surface area contributed by atoms with E-state index in [-0.39, 0.29) is 66.1 Å². The Morgan fingerprint density at radius 2 is 0.964 bits per heavy atom. The summed E-state index contributed by atoms with van der Waals surface area (Å²) in [6, 6.07) is 0. The van der Waals surface area contributed by atoms with Gasteiger partial charge in [-0.05, 0) is 13.3 Å². The normalized spacial score (nSPS) is 10.4. The van der Waals surface area contributed by atoms with Gasteiger partial charge in [0.15, 0.2) is 0 Å². The average Bonchev–Trinajstić information content (AvgIpc) is 2.22. The Bertz CT molecular complexity index is 252. The molecule has 0 aromatic heterocycles. The summed E-state index contributed by atoms with van der Waals surface area (Å²) in [5.74, 6) is -2.40. The van der Waals surface area contributed by atoms with Gasteiger partial charge in [-0.1, -0.05) is 66.3 Å². The molecule has 0 fully saturated rings. The van der Waals surface area contributed by atoms with E-state index in [1.54, 1.807) is 0 Å². The third-order valence-corrected chi connectivity index (χ3v) is 1.89. The molecule has 188 valence electrons. The van der Waals surface area contributed by atoms with E-state index >= 15 is 0 Å². The summed E-state index contributed by atoms with van der Waals surface area (Å²) in [4.78, 5) is 0. The van der Waals surface area contributed by atoms with Crippen molar-refractivity contribution in [1.82, 2.24) is 0 Å². The summed E-state index contributed by atoms with van der Waals surface area (Å²) in [5.41, 5.74) is 0. The van der Waals surface area contributed by atoms with Crippen LogP contribution in [-0.2, 0) is 4.74 Å². The Hall–Kier alpha value is -0.670. The van der Waals surface area contributed by atoms with Crippen LogP contribution < -0.4 is 0 Å². The Labute approximate surface area is 169 Å². The van der Waals surface area contributed by atoms with E-state index in [1.165, 1.54) is 6.92 Å². The summed E-state index contributed by atoms with van der Waals surface area (Å²) in [6.45, 7) is -0.0632. The molecule has 0 heterocycles. The maximum Gasteiger partial charge on any atom is 0.412 e. The van der Waals surface area contributed by atoms with E-state index < -0.39 is 43.8 Å². The van der Waals surface area contributed by atoms with Gasteiger partial charge in [0.05, 0.1) is 19.0 Å². The van der Waals surface area contributed by atoms with Crippen LogP contribution in [0, 0.1) is 5.92 Å². The lowest BCUT2D eigenvalue weighted by atomic mass is 10.0. The van der Waals surface area contributed by atoms with Crippen LogP contribution >= 0.6 is 0 Å². The van der Waals surface area contributed by atoms with Crippen LogP contribution in [0.4, 0.5) is 39.5 Å². The Morgan fingerprint density at radius 3 is 1.14 bits per heavy atom. The van der Waals surface area contributed by atoms with E-state index in [0.29, 0.717) is 0 Å². The predicted octanol–water partition coefficient (Wildman–Crippen LogP) is 10.2. The third kappa shape index (κ3) is 40.1. The molecule has 0 bridgehead atoms. The molecule has 1 unspecified atom stereocenters. The molecule has 28 heavy (non-hydrogen) atoms. The number of halogens is 9. The average molecular weight is 451 g/mol. The molecule has 0 aromatic carbocycles. The first-order valence-corrected chi connectivity index (χ1v) is 5.50. The molecule has 0 radical (unpaired) electrons. The smallest absolute Gasteiger partial charge is 0.311 e. The van der Waals surface area contributed by atoms with Gasteiger partial charge in [-0.3, -0.25) is 4.39 Å². The van der Waals surface area contributed by atoms with E-state index in [1.807, 2.05) is 0 Å². The van der Waals surface area contributed by atoms with Crippen LogP contribution in [0.3, 0.4) is 0 Å². The fourth-order valence-corrected chi connectivity index (χ4v) is 1.02. The molecular weight excluding hydrogens is 403 g/mol. The van der Waals surface area contributed by atoms with Crippen LogP contribution in [0.2, 0.25) is 0 Å². The van der Waals surface area contributed by atoms with E-state index in [4.69, 9.17) is 0 Å². The SMILES string of the molecule is C.C.C.C.C.C.C.C.CCC(CC(F)(F)OCC(F)(F)F)C(F)(F)F.CCF. The van der Waals surface area contributed by atoms with Crippen molar-refractivity contribution in [3.8, 4) is 0 Å². The number of hydrogen-bond donors (Lipinski definition) is 0. The predicted molar refractivity (Wildman–Crippen MR) is 107 cm³/mol. The molecule has 0 aliphatic carbocycles. The minimum absolute atomic E-state index is 0. The van der Waals surface area contributed by atoms with Crippen molar-refractivity contribution in [3.05, 3.63) is 0 Å². The van der Waals surface area contributed by atoms with Gasteiger partial charge < -0.3 is 4.74 Å². The molecule has 0 amide bonds. The lowest BCUT2D eigenvalue weighted by Crippen LogP contribution is -2.34. The summed E-state index contributed by atoms with van der Waals surface area (Å²) in [6.07, 6.45) is -16.8. The fourth-order valence-electron chi connectivity index (χ4n) is 1.02. The summed E-state index contributed by atoms with van der Waals surface area (Å²) >= 11 is 0. The Kier molecular flexibility index (Phi) is 59.3. The molecule has 0 aliphatic heterocycles. The third-order valence-electron chi connectivity index (χ3n) is 1.89. The molecule has 0 spiro atoms. The van der Waals surface area contributed by atoms with Crippen molar-refractivity contribution in [3.63, 3.8) is 0 Å². The lowest BCUT2D eigenvalue weighted by Gasteiger charge is -2.24. The maximum atomic E-state index is 12.7. The quantitative estimate of drug-likeness (QED) is 0.379. The lowest BCUT2D eigenvalue weighted by molar-refractivity contribution is -0.307. The van der Waals surface area contributed by atoms with Gasteiger partial charge in [0.25, 0.3) is 0 Å². The van der Waals surface area contributed by atoms with Gasteiger partial charge in [-0.25, -0.2) is 0 Å². The van der Waals surface area contributed by atoms with E-state index in [2.05, 4.69) is 4.74 Å². The maximum absolute atomic E-state index is 12.7. The van der Waals surface area contributed by atoms with Crippen molar-refractivity contribution < 1.29 is 44.3 Å². The van der Waals surface area contributed by atoms with Crippen LogP contribution in [0.25, 0.3) is 0 Å². The molecule has 0 aromatic rings. The molecule has 1 nitrogen and oxygen atoms in total. The van der Waals surface area contributed by atoms with E-state index in [0.717, 1.165) is 6.92 Å². The van der Waals surface area contributed by atoms with Gasteiger partial charge in [0.1, 0.15) is 6.61 Å². The Balaban J connectivity index is -0.0000000345. The molecule has 0 saturated heterocycles. The zero-order valence-corrected chi connectivity index (χ0v) is 10.7. The highest BCUT2D eigenvalue weighted by atomic mass is 19.4. The van der Waals surface area contributed by atoms with Crippen molar-refractivity contribution >= 4 is 0 Å². The highest BCUT2D eigenvalue weighted by Gasteiger charge is 2.47. The largest absolute Gasteiger partial charge is 0.412 e. The minimum Gasteiger partial charge on any atom is -0.311 e. The van der Waals surface area contributed by atoms with Crippen molar-refractivity contribution in [1.29, 1.82) is 0 Å². The van der Waals surface area contributed by atoms with Gasteiger partial charge in [-0.15, -0.1) is 0 Å². The number of rotatable bonds is 5. The van der Waals surface area contributed by atoms with E-state index in [9.17, 15) is 39.5 Å². The number of hydrogen-bond acceptors (Lipinski definition) is 1. The van der Waals surface area contributed by atoms with Gasteiger partial charge in [0, 0.05) is 0 Å². The second kappa shape index (κ2) is 26.3. The zero-order chi connectivity index (χ0) is 16.6. The first-order chi connectivity index (χ1) is 8.79. The van der Waals surface area contributed by atoms with Crippen LogP contribution in [0.5, 0.6) is 0 Å². The summed E-state index contributed by atoms with van der Waals surface area (Å²) in [5, 5.41) is 0. The van der Waals surface area contributed by atoms with Crippen molar-refractivity contribution in [2.24, 2.45) is 5.92 Å². The van der Waals surface area contributed by atoms with Gasteiger partial charge >= 0.3 is 18.5 Å².